The van der Waals surface area contributed by atoms with Crippen LogP contribution in [0.1, 0.15) is 73.0 Å². The molecule has 11 heteroatoms. The van der Waals surface area contributed by atoms with Crippen LogP contribution in [-0.2, 0) is 23.7 Å². The summed E-state index contributed by atoms with van der Waals surface area (Å²) in [5.74, 6) is -0.505. The fraction of sp³-hybridized carbons (Fsp3) is 0.760. The van der Waals surface area contributed by atoms with Crippen molar-refractivity contribution in [1.29, 1.82) is 0 Å². The molecule has 36 heavy (non-hydrogen) atoms. The Morgan fingerprint density at radius 1 is 1.19 bits per heavy atom. The summed E-state index contributed by atoms with van der Waals surface area (Å²) in [5, 5.41) is 0. The summed E-state index contributed by atoms with van der Waals surface area (Å²) in [6, 6.07) is 0.305. The largest absolute Gasteiger partial charge is 0.466 e. The van der Waals surface area contributed by atoms with Gasteiger partial charge in [-0.3, -0.25) is 14.3 Å². The van der Waals surface area contributed by atoms with Crippen molar-refractivity contribution < 1.29 is 23.7 Å². The van der Waals surface area contributed by atoms with Gasteiger partial charge in [0.15, 0.2) is 23.5 Å². The smallest absolute Gasteiger partial charge is 0.305 e. The number of hydrogen-bond acceptors (Lipinski definition) is 10. The molecule has 0 aliphatic carbocycles. The molecule has 2 aromatic heterocycles. The molecular formula is C25H40N6O5. The lowest BCUT2D eigenvalue weighted by molar-refractivity contribution is -0.198. The van der Waals surface area contributed by atoms with Crippen molar-refractivity contribution >= 4 is 23.0 Å². The Labute approximate surface area is 212 Å². The van der Waals surface area contributed by atoms with Gasteiger partial charge in [-0.2, -0.15) is 0 Å². The fourth-order valence-electron chi connectivity index (χ4n) is 4.86. The number of nitrogens with two attached hydrogens (primary N) is 1. The monoisotopic (exact) mass is 504 g/mol. The molecule has 2 aromatic rings. The molecule has 0 radical (unpaired) electrons. The van der Waals surface area contributed by atoms with Crippen LogP contribution in [0, 0.1) is 0 Å². The molecule has 0 saturated carbocycles. The molecule has 0 aromatic carbocycles. The molecule has 2 aliphatic rings. The predicted octanol–water partition coefficient (Wildman–Crippen LogP) is 3.05. The second-order valence-electron chi connectivity index (χ2n) is 10.3. The van der Waals surface area contributed by atoms with Gasteiger partial charge in [0.25, 0.3) is 0 Å². The van der Waals surface area contributed by atoms with Crippen LogP contribution >= 0.6 is 0 Å². The first-order valence-electron chi connectivity index (χ1n) is 13.0. The van der Waals surface area contributed by atoms with Crippen LogP contribution < -0.4 is 5.73 Å². The van der Waals surface area contributed by atoms with Gasteiger partial charge < -0.3 is 24.7 Å². The quantitative estimate of drug-likeness (QED) is 0.340. The molecule has 200 valence electrons. The summed E-state index contributed by atoms with van der Waals surface area (Å²) in [7, 11) is 0. The Bertz CT molecular complexity index is 1030. The number of nitrogen functional groups attached to an aromatic ring is 1. The minimum atomic E-state index is -0.721. The number of nitrogens with zero attached hydrogens (tertiary/aromatic N) is 5. The third kappa shape index (κ3) is 5.96. The van der Waals surface area contributed by atoms with Crippen LogP contribution in [-0.4, -0.2) is 80.2 Å². The zero-order chi connectivity index (χ0) is 25.9. The van der Waals surface area contributed by atoms with E-state index in [1.807, 2.05) is 18.4 Å². The zero-order valence-electron chi connectivity index (χ0n) is 22.1. The SMILES string of the molecule is CCCCOC(=O)CCCCN(C[C@H]1O[C@@H](n2cnc3c(N)ncnc32)[C@@H]2OC(C)(C)O[C@@H]21)C(C)C. The highest BCUT2D eigenvalue weighted by Crippen LogP contribution is 2.44. The normalized spacial score (nSPS) is 25.2. The van der Waals surface area contributed by atoms with Gasteiger partial charge >= 0.3 is 5.97 Å². The van der Waals surface area contributed by atoms with Crippen LogP contribution in [0.3, 0.4) is 0 Å². The molecule has 0 spiro atoms. The number of aromatic nitrogens is 4. The van der Waals surface area contributed by atoms with Crippen molar-refractivity contribution in [3.63, 3.8) is 0 Å². The van der Waals surface area contributed by atoms with Gasteiger partial charge in [-0.25, -0.2) is 15.0 Å². The molecule has 2 aliphatic heterocycles. The van der Waals surface area contributed by atoms with Gasteiger partial charge in [-0.1, -0.05) is 13.3 Å². The molecule has 4 atom stereocenters. The van der Waals surface area contributed by atoms with Gasteiger partial charge in [-0.15, -0.1) is 0 Å². The van der Waals surface area contributed by atoms with E-state index in [9.17, 15) is 4.79 Å². The summed E-state index contributed by atoms with van der Waals surface area (Å²) >= 11 is 0. The van der Waals surface area contributed by atoms with Crippen LogP contribution in [0.25, 0.3) is 11.2 Å². The Balaban J connectivity index is 1.41. The van der Waals surface area contributed by atoms with Crippen LogP contribution in [0.2, 0.25) is 0 Å². The molecule has 4 heterocycles. The summed E-state index contributed by atoms with van der Waals surface area (Å²) in [4.78, 5) is 27.1. The number of rotatable bonds is 12. The van der Waals surface area contributed by atoms with Crippen LogP contribution in [0.15, 0.2) is 12.7 Å². The van der Waals surface area contributed by atoms with E-state index in [-0.39, 0.29) is 24.3 Å². The van der Waals surface area contributed by atoms with E-state index in [1.54, 1.807) is 6.33 Å². The Morgan fingerprint density at radius 3 is 2.72 bits per heavy atom. The van der Waals surface area contributed by atoms with E-state index in [0.717, 1.165) is 32.2 Å². The topological polar surface area (TPSA) is 127 Å². The molecule has 2 fully saturated rings. The van der Waals surface area contributed by atoms with E-state index < -0.39 is 12.0 Å². The third-order valence-corrected chi connectivity index (χ3v) is 6.77. The number of carbonyl (C=O) groups is 1. The Kier molecular flexibility index (Phi) is 8.44. The second kappa shape index (κ2) is 11.4. The molecule has 2 N–H and O–H groups in total. The first-order chi connectivity index (χ1) is 17.2. The predicted molar refractivity (Wildman–Crippen MR) is 134 cm³/mol. The lowest BCUT2D eigenvalue weighted by atomic mass is 10.1. The van der Waals surface area contributed by atoms with Crippen molar-refractivity contribution in [3.8, 4) is 0 Å². The number of ether oxygens (including phenoxy) is 4. The second-order valence-corrected chi connectivity index (χ2v) is 10.3. The van der Waals surface area contributed by atoms with E-state index in [4.69, 9.17) is 24.7 Å². The molecule has 0 bridgehead atoms. The minimum absolute atomic E-state index is 0.111. The molecule has 11 nitrogen and oxygen atoms in total. The number of carbonyl (C=O) groups excluding carboxylic acids is 1. The third-order valence-electron chi connectivity index (χ3n) is 6.77. The van der Waals surface area contributed by atoms with Gasteiger partial charge in [0.2, 0.25) is 0 Å². The van der Waals surface area contributed by atoms with Crippen molar-refractivity contribution in [2.45, 2.75) is 103 Å². The number of fused-ring (bicyclic) bond motifs is 2. The Hall–Kier alpha value is -2.34. The van der Waals surface area contributed by atoms with E-state index in [2.05, 4.69) is 40.6 Å². The maximum atomic E-state index is 11.9. The number of imidazole rings is 1. The summed E-state index contributed by atoms with van der Waals surface area (Å²) in [6.07, 6.45) is 5.97. The number of hydrogen-bond donors (Lipinski definition) is 1. The lowest BCUT2D eigenvalue weighted by Gasteiger charge is -2.31. The fourth-order valence-corrected chi connectivity index (χ4v) is 4.86. The minimum Gasteiger partial charge on any atom is -0.466 e. The van der Waals surface area contributed by atoms with Crippen molar-refractivity contribution in [2.24, 2.45) is 0 Å². The van der Waals surface area contributed by atoms with Crippen molar-refractivity contribution in [1.82, 2.24) is 24.4 Å². The summed E-state index contributed by atoms with van der Waals surface area (Å²) in [5.41, 5.74) is 7.13. The maximum Gasteiger partial charge on any atom is 0.305 e. The van der Waals surface area contributed by atoms with Crippen molar-refractivity contribution in [3.05, 3.63) is 12.7 Å². The summed E-state index contributed by atoms with van der Waals surface area (Å²) in [6.45, 7) is 12.3. The van der Waals surface area contributed by atoms with E-state index in [1.165, 1.54) is 6.33 Å². The molecular weight excluding hydrogens is 464 g/mol. The lowest BCUT2D eigenvalue weighted by Crippen LogP contribution is -2.43. The van der Waals surface area contributed by atoms with Crippen LogP contribution in [0.4, 0.5) is 5.82 Å². The van der Waals surface area contributed by atoms with Gasteiger partial charge in [0, 0.05) is 19.0 Å². The van der Waals surface area contributed by atoms with Gasteiger partial charge in [0.05, 0.1) is 12.9 Å². The average Bonchev–Trinajstić information content (AvgIpc) is 3.47. The first-order valence-corrected chi connectivity index (χ1v) is 13.0. The highest BCUT2D eigenvalue weighted by Gasteiger charge is 2.56. The number of anilines is 1. The molecule has 4 rings (SSSR count). The highest BCUT2D eigenvalue weighted by atomic mass is 16.8. The maximum absolute atomic E-state index is 11.9. The van der Waals surface area contributed by atoms with Gasteiger partial charge in [0.1, 0.15) is 30.2 Å². The van der Waals surface area contributed by atoms with Gasteiger partial charge in [-0.05, 0) is 53.5 Å². The van der Waals surface area contributed by atoms with Crippen molar-refractivity contribution in [2.75, 3.05) is 25.4 Å². The standard InChI is InChI=1S/C25H40N6O5/c1-6-7-12-33-18(32)10-8-9-11-30(16(2)3)13-17-20-21(36-25(4,5)35-20)24(34-17)31-15-29-19-22(26)27-14-28-23(19)31/h14-17,20-21,24H,6-13H2,1-5H3,(H2,26,27,28)/t17-,20-,21-,24-/m1/s1. The van der Waals surface area contributed by atoms with E-state index in [0.29, 0.717) is 42.6 Å². The molecule has 2 saturated heterocycles. The number of unbranched alkanes of at least 4 members (excludes halogenated alkanes) is 2. The first kappa shape index (κ1) is 26.7. The average molecular weight is 505 g/mol. The highest BCUT2D eigenvalue weighted by molar-refractivity contribution is 5.81. The summed E-state index contributed by atoms with van der Waals surface area (Å²) < 4.78 is 26.3. The van der Waals surface area contributed by atoms with E-state index >= 15 is 0 Å². The Morgan fingerprint density at radius 2 is 1.97 bits per heavy atom. The molecule has 0 unspecified atom stereocenters. The molecule has 0 amide bonds. The van der Waals surface area contributed by atoms with Crippen LogP contribution in [0.5, 0.6) is 0 Å². The number of esters is 1. The zero-order valence-corrected chi connectivity index (χ0v) is 22.1.